The number of nitrogens with two attached hydrogens (primary N) is 1. The summed E-state index contributed by atoms with van der Waals surface area (Å²) in [5.41, 5.74) is 7.40. The zero-order valence-corrected chi connectivity index (χ0v) is 6.96. The summed E-state index contributed by atoms with van der Waals surface area (Å²) in [6.07, 6.45) is 0. The van der Waals surface area contributed by atoms with Crippen molar-refractivity contribution in [3.8, 4) is 11.5 Å². The van der Waals surface area contributed by atoms with E-state index in [1.165, 1.54) is 0 Å². The van der Waals surface area contributed by atoms with Gasteiger partial charge in [0.25, 0.3) is 0 Å². The minimum absolute atomic E-state index is 0.607. The van der Waals surface area contributed by atoms with E-state index in [2.05, 4.69) is 0 Å². The molecule has 0 amide bonds. The molecule has 0 fully saturated rings. The lowest BCUT2D eigenvalue weighted by Crippen LogP contribution is -2.16. The molecule has 3 heteroatoms. The third-order valence-corrected chi connectivity index (χ3v) is 1.85. The summed E-state index contributed by atoms with van der Waals surface area (Å²) in [5.74, 6) is 1.59. The minimum Gasteiger partial charge on any atom is -0.486 e. The van der Waals surface area contributed by atoms with E-state index in [9.17, 15) is 0 Å². The van der Waals surface area contributed by atoms with Crippen molar-refractivity contribution in [3.05, 3.63) is 17.7 Å². The van der Waals surface area contributed by atoms with Crippen molar-refractivity contribution in [1.29, 1.82) is 0 Å². The van der Waals surface area contributed by atoms with Crippen LogP contribution in [0.3, 0.4) is 0 Å². The van der Waals surface area contributed by atoms with Gasteiger partial charge in [-0.3, -0.25) is 0 Å². The van der Waals surface area contributed by atoms with Crippen molar-refractivity contribution in [2.75, 3.05) is 18.9 Å². The van der Waals surface area contributed by atoms with E-state index in [1.807, 2.05) is 13.0 Å². The molecule has 1 aliphatic rings. The molecule has 2 rings (SSSR count). The Morgan fingerprint density at radius 1 is 1.25 bits per heavy atom. The largest absolute Gasteiger partial charge is 0.486 e. The molecular weight excluding hydrogens is 154 g/mol. The number of ether oxygens (including phenoxy) is 2. The van der Waals surface area contributed by atoms with Crippen LogP contribution >= 0.6 is 0 Å². The Bertz CT molecular complexity index is 310. The molecule has 0 spiro atoms. The van der Waals surface area contributed by atoms with Gasteiger partial charge >= 0.3 is 0 Å². The van der Waals surface area contributed by atoms with Gasteiger partial charge < -0.3 is 15.2 Å². The molecule has 1 aromatic rings. The molecule has 64 valence electrons. The first kappa shape index (κ1) is 7.28. The predicted octanol–water partition coefficient (Wildman–Crippen LogP) is 1.35. The van der Waals surface area contributed by atoms with Crippen LogP contribution in [0.25, 0.3) is 0 Å². The zero-order valence-electron chi connectivity index (χ0n) is 6.96. The molecule has 0 bridgehead atoms. The van der Waals surface area contributed by atoms with Gasteiger partial charge in [-0.05, 0) is 18.6 Å². The van der Waals surface area contributed by atoms with Gasteiger partial charge in [0.2, 0.25) is 0 Å². The number of aryl methyl sites for hydroxylation is 1. The van der Waals surface area contributed by atoms with Crippen molar-refractivity contribution in [2.24, 2.45) is 0 Å². The van der Waals surface area contributed by atoms with Crippen molar-refractivity contribution in [2.45, 2.75) is 6.92 Å². The van der Waals surface area contributed by atoms with E-state index in [0.717, 1.165) is 22.7 Å². The number of hydrogen-bond acceptors (Lipinski definition) is 3. The maximum Gasteiger partial charge on any atom is 0.164 e. The van der Waals surface area contributed by atoms with E-state index >= 15 is 0 Å². The summed E-state index contributed by atoms with van der Waals surface area (Å²) in [6, 6.07) is 3.68. The highest BCUT2D eigenvalue weighted by atomic mass is 16.6. The predicted molar refractivity (Wildman–Crippen MR) is 46.6 cm³/mol. The van der Waals surface area contributed by atoms with Crippen LogP contribution in [0.2, 0.25) is 0 Å². The van der Waals surface area contributed by atoms with Crippen molar-refractivity contribution in [3.63, 3.8) is 0 Å². The molecule has 3 nitrogen and oxygen atoms in total. The summed E-state index contributed by atoms with van der Waals surface area (Å²) in [5, 5.41) is 0. The van der Waals surface area contributed by atoms with Gasteiger partial charge in [0.05, 0.1) is 0 Å². The average molecular weight is 165 g/mol. The lowest BCUT2D eigenvalue weighted by Gasteiger charge is -2.20. The molecule has 0 saturated heterocycles. The fraction of sp³-hybridized carbons (Fsp3) is 0.333. The van der Waals surface area contributed by atoms with E-state index in [4.69, 9.17) is 15.2 Å². The van der Waals surface area contributed by atoms with E-state index in [1.54, 1.807) is 6.07 Å². The number of benzene rings is 1. The Morgan fingerprint density at radius 2 is 2.00 bits per heavy atom. The summed E-state index contributed by atoms with van der Waals surface area (Å²) in [4.78, 5) is 0. The van der Waals surface area contributed by atoms with Crippen LogP contribution in [0.15, 0.2) is 12.1 Å². The molecule has 2 N–H and O–H groups in total. The van der Waals surface area contributed by atoms with Crippen LogP contribution in [-0.2, 0) is 0 Å². The van der Waals surface area contributed by atoms with E-state index in [0.29, 0.717) is 13.2 Å². The molecule has 0 aromatic heterocycles. The third kappa shape index (κ3) is 1.07. The Labute approximate surface area is 71.1 Å². The van der Waals surface area contributed by atoms with E-state index in [-0.39, 0.29) is 0 Å². The van der Waals surface area contributed by atoms with Crippen molar-refractivity contribution < 1.29 is 9.47 Å². The fourth-order valence-electron chi connectivity index (χ4n) is 1.36. The Hall–Kier alpha value is -1.38. The molecule has 0 unspecified atom stereocenters. The molecular formula is C9H11NO2. The highest BCUT2D eigenvalue weighted by Gasteiger charge is 2.13. The van der Waals surface area contributed by atoms with Gasteiger partial charge in [-0.1, -0.05) is 0 Å². The van der Waals surface area contributed by atoms with Crippen LogP contribution in [-0.4, -0.2) is 13.2 Å². The van der Waals surface area contributed by atoms with Crippen LogP contribution in [0.1, 0.15) is 5.56 Å². The first-order valence-electron chi connectivity index (χ1n) is 3.93. The van der Waals surface area contributed by atoms with Gasteiger partial charge in [0.15, 0.2) is 11.5 Å². The molecule has 0 radical (unpaired) electrons. The quantitative estimate of drug-likeness (QED) is 0.590. The number of rotatable bonds is 0. The summed E-state index contributed by atoms with van der Waals surface area (Å²) >= 11 is 0. The fourth-order valence-corrected chi connectivity index (χ4v) is 1.36. The second-order valence-electron chi connectivity index (χ2n) is 2.86. The number of nitrogen functional groups attached to an aromatic ring is 1. The van der Waals surface area contributed by atoms with Crippen molar-refractivity contribution in [1.82, 2.24) is 0 Å². The van der Waals surface area contributed by atoms with E-state index < -0.39 is 0 Å². The number of fused-ring (bicyclic) bond motifs is 1. The van der Waals surface area contributed by atoms with Gasteiger partial charge in [-0.2, -0.15) is 0 Å². The van der Waals surface area contributed by atoms with Crippen molar-refractivity contribution >= 4 is 5.69 Å². The zero-order chi connectivity index (χ0) is 8.55. The van der Waals surface area contributed by atoms with Crippen LogP contribution in [0.5, 0.6) is 11.5 Å². The molecule has 0 atom stereocenters. The maximum absolute atomic E-state index is 5.65. The van der Waals surface area contributed by atoms with Gasteiger partial charge in [0.1, 0.15) is 13.2 Å². The average Bonchev–Trinajstić information content (AvgIpc) is 2.04. The van der Waals surface area contributed by atoms with Crippen LogP contribution in [0.4, 0.5) is 5.69 Å². The summed E-state index contributed by atoms with van der Waals surface area (Å²) < 4.78 is 10.8. The normalized spacial score (nSPS) is 14.4. The lowest BCUT2D eigenvalue weighted by atomic mass is 10.2. The standard InChI is InChI=1S/C9H11NO2/c1-6-4-7(10)5-8-9(6)12-3-2-11-8/h4-5H,2-3,10H2,1H3. The SMILES string of the molecule is Cc1cc(N)cc2c1OCCO2. The molecule has 1 heterocycles. The number of hydrogen-bond donors (Lipinski definition) is 1. The molecule has 1 aromatic carbocycles. The lowest BCUT2D eigenvalue weighted by molar-refractivity contribution is 0.170. The first-order chi connectivity index (χ1) is 5.77. The first-order valence-corrected chi connectivity index (χ1v) is 3.93. The maximum atomic E-state index is 5.65. The smallest absolute Gasteiger partial charge is 0.164 e. The molecule has 0 aliphatic carbocycles. The molecule has 1 aliphatic heterocycles. The highest BCUT2D eigenvalue weighted by Crippen LogP contribution is 2.35. The Kier molecular flexibility index (Phi) is 1.57. The summed E-state index contributed by atoms with van der Waals surface area (Å²) in [6.45, 7) is 3.19. The Balaban J connectivity index is 2.53. The summed E-state index contributed by atoms with van der Waals surface area (Å²) in [7, 11) is 0. The van der Waals surface area contributed by atoms with Crippen LogP contribution < -0.4 is 15.2 Å². The second kappa shape index (κ2) is 2.59. The van der Waals surface area contributed by atoms with Crippen LogP contribution in [0, 0.1) is 6.92 Å². The topological polar surface area (TPSA) is 44.5 Å². The second-order valence-corrected chi connectivity index (χ2v) is 2.86. The monoisotopic (exact) mass is 165 g/mol. The highest BCUT2D eigenvalue weighted by molar-refractivity contribution is 5.57. The Morgan fingerprint density at radius 3 is 2.83 bits per heavy atom. The minimum atomic E-state index is 0.607. The van der Waals surface area contributed by atoms with Gasteiger partial charge in [0, 0.05) is 11.8 Å². The number of anilines is 1. The van der Waals surface area contributed by atoms with Gasteiger partial charge in [-0.15, -0.1) is 0 Å². The third-order valence-electron chi connectivity index (χ3n) is 1.85. The molecule has 12 heavy (non-hydrogen) atoms. The molecule has 0 saturated carbocycles. The van der Waals surface area contributed by atoms with Gasteiger partial charge in [-0.25, -0.2) is 0 Å².